The number of fused-ring (bicyclic) bond motifs is 1. The second kappa shape index (κ2) is 6.75. The molecule has 0 bridgehead atoms. The number of aryl methyl sites for hydroxylation is 2. The molecular weight excluding hydrogens is 306 g/mol. The maximum absolute atomic E-state index is 12.9. The summed E-state index contributed by atoms with van der Waals surface area (Å²) in [4.78, 5) is 17.0. The number of amides is 1. The first-order valence-corrected chi connectivity index (χ1v) is 8.95. The first-order chi connectivity index (χ1) is 11.1. The van der Waals surface area contributed by atoms with E-state index in [1.807, 2.05) is 43.1 Å². The molecule has 0 aliphatic heterocycles. The fraction of sp³-hybridized carbons (Fsp3) is 0.421. The molecular formula is C19H23NO2S. The highest BCUT2D eigenvalue weighted by Crippen LogP contribution is 2.33. The molecule has 4 heteroatoms. The van der Waals surface area contributed by atoms with Crippen molar-refractivity contribution in [3.63, 3.8) is 0 Å². The van der Waals surface area contributed by atoms with E-state index < -0.39 is 0 Å². The zero-order valence-electron chi connectivity index (χ0n) is 14.0. The van der Waals surface area contributed by atoms with E-state index in [4.69, 9.17) is 4.74 Å². The van der Waals surface area contributed by atoms with Gasteiger partial charge in [0.05, 0.1) is 18.0 Å². The fourth-order valence-corrected chi connectivity index (χ4v) is 4.40. The van der Waals surface area contributed by atoms with Crippen molar-refractivity contribution in [2.24, 2.45) is 0 Å². The molecule has 0 fully saturated rings. The lowest BCUT2D eigenvalue weighted by Gasteiger charge is -2.26. The van der Waals surface area contributed by atoms with Crippen molar-refractivity contribution in [3.8, 4) is 5.75 Å². The Hall–Kier alpha value is -1.81. The maximum atomic E-state index is 12.9. The van der Waals surface area contributed by atoms with Crippen LogP contribution in [0.2, 0.25) is 0 Å². The molecule has 23 heavy (non-hydrogen) atoms. The number of rotatable bonds is 4. The van der Waals surface area contributed by atoms with Crippen molar-refractivity contribution in [1.82, 2.24) is 4.90 Å². The molecule has 0 radical (unpaired) electrons. The Morgan fingerprint density at radius 1 is 1.26 bits per heavy atom. The molecule has 3 rings (SSSR count). The Labute approximate surface area is 141 Å². The average molecular weight is 329 g/mol. The van der Waals surface area contributed by atoms with Crippen LogP contribution < -0.4 is 4.74 Å². The minimum atomic E-state index is -0.0298. The van der Waals surface area contributed by atoms with Crippen molar-refractivity contribution >= 4 is 17.2 Å². The van der Waals surface area contributed by atoms with E-state index in [9.17, 15) is 4.79 Å². The number of para-hydroxylation sites is 1. The lowest BCUT2D eigenvalue weighted by atomic mass is 9.99. The van der Waals surface area contributed by atoms with Gasteiger partial charge in [0, 0.05) is 17.5 Å². The van der Waals surface area contributed by atoms with Gasteiger partial charge in [0.1, 0.15) is 5.75 Å². The Balaban J connectivity index is 1.82. The number of thiophene rings is 1. The third-order valence-electron chi connectivity index (χ3n) is 4.70. The van der Waals surface area contributed by atoms with Crippen molar-refractivity contribution in [1.29, 1.82) is 0 Å². The fourth-order valence-electron chi connectivity index (χ4n) is 3.17. The zero-order valence-corrected chi connectivity index (χ0v) is 14.8. The highest BCUT2D eigenvalue weighted by Gasteiger charge is 2.24. The van der Waals surface area contributed by atoms with Crippen molar-refractivity contribution in [3.05, 3.63) is 51.2 Å². The Morgan fingerprint density at radius 2 is 2.00 bits per heavy atom. The van der Waals surface area contributed by atoms with Crippen LogP contribution in [0.15, 0.2) is 30.3 Å². The van der Waals surface area contributed by atoms with E-state index in [0.29, 0.717) is 0 Å². The van der Waals surface area contributed by atoms with E-state index in [1.165, 1.54) is 23.3 Å². The van der Waals surface area contributed by atoms with Crippen LogP contribution in [0.4, 0.5) is 0 Å². The topological polar surface area (TPSA) is 29.5 Å². The van der Waals surface area contributed by atoms with Gasteiger partial charge in [0.2, 0.25) is 0 Å². The molecule has 0 unspecified atom stereocenters. The zero-order chi connectivity index (χ0) is 16.4. The smallest absolute Gasteiger partial charge is 0.264 e. The average Bonchev–Trinajstić information content (AvgIpc) is 3.03. The second-order valence-corrected chi connectivity index (χ2v) is 7.24. The van der Waals surface area contributed by atoms with Gasteiger partial charge < -0.3 is 9.64 Å². The highest BCUT2D eigenvalue weighted by molar-refractivity contribution is 7.14. The van der Waals surface area contributed by atoms with Gasteiger partial charge in [-0.3, -0.25) is 4.79 Å². The van der Waals surface area contributed by atoms with Crippen molar-refractivity contribution < 1.29 is 9.53 Å². The molecule has 0 saturated carbocycles. The number of hydrogen-bond acceptors (Lipinski definition) is 3. The third-order valence-corrected chi connectivity index (χ3v) is 5.92. The quantitative estimate of drug-likeness (QED) is 0.828. The SMILES string of the molecule is COc1ccccc1[C@H](C)N(C)C(=O)c1cc2c(s1)CCCC2. The maximum Gasteiger partial charge on any atom is 0.264 e. The molecule has 1 aliphatic rings. The lowest BCUT2D eigenvalue weighted by molar-refractivity contribution is 0.0746. The van der Waals surface area contributed by atoms with Crippen molar-refractivity contribution in [2.45, 2.75) is 38.6 Å². The molecule has 1 aromatic carbocycles. The molecule has 3 nitrogen and oxygen atoms in total. The summed E-state index contributed by atoms with van der Waals surface area (Å²) in [5, 5.41) is 0. The van der Waals surface area contributed by atoms with E-state index >= 15 is 0 Å². The van der Waals surface area contributed by atoms with Crippen LogP contribution in [-0.2, 0) is 12.8 Å². The van der Waals surface area contributed by atoms with Crippen LogP contribution in [0.5, 0.6) is 5.75 Å². The summed E-state index contributed by atoms with van der Waals surface area (Å²) in [6.45, 7) is 2.04. The van der Waals surface area contributed by atoms with Gasteiger partial charge in [-0.2, -0.15) is 0 Å². The van der Waals surface area contributed by atoms with Crippen LogP contribution in [0.1, 0.15) is 51.5 Å². The first-order valence-electron chi connectivity index (χ1n) is 8.13. The van der Waals surface area contributed by atoms with E-state index in [2.05, 4.69) is 6.07 Å². The molecule has 0 N–H and O–H groups in total. The van der Waals surface area contributed by atoms with E-state index in [0.717, 1.165) is 29.0 Å². The van der Waals surface area contributed by atoms with E-state index in [-0.39, 0.29) is 11.9 Å². The van der Waals surface area contributed by atoms with Crippen LogP contribution >= 0.6 is 11.3 Å². The predicted octanol–water partition coefficient (Wildman–Crippen LogP) is 4.47. The monoisotopic (exact) mass is 329 g/mol. The van der Waals surface area contributed by atoms with Gasteiger partial charge in [-0.1, -0.05) is 18.2 Å². The molecule has 0 spiro atoms. The van der Waals surface area contributed by atoms with Crippen LogP contribution in [0.3, 0.4) is 0 Å². The summed E-state index contributed by atoms with van der Waals surface area (Å²) < 4.78 is 5.43. The number of benzene rings is 1. The largest absolute Gasteiger partial charge is 0.496 e. The van der Waals surface area contributed by atoms with Crippen LogP contribution in [0.25, 0.3) is 0 Å². The number of nitrogens with zero attached hydrogens (tertiary/aromatic N) is 1. The number of carbonyl (C=O) groups excluding carboxylic acids is 1. The molecule has 1 atom stereocenters. The van der Waals surface area contributed by atoms with Crippen LogP contribution in [-0.4, -0.2) is 25.0 Å². The molecule has 1 aliphatic carbocycles. The number of hydrogen-bond donors (Lipinski definition) is 0. The summed E-state index contributed by atoms with van der Waals surface area (Å²) in [5.41, 5.74) is 2.41. The summed E-state index contributed by atoms with van der Waals surface area (Å²) in [6.07, 6.45) is 4.73. The van der Waals surface area contributed by atoms with Gasteiger partial charge in [-0.05, 0) is 50.3 Å². The minimum Gasteiger partial charge on any atom is -0.496 e. The van der Waals surface area contributed by atoms with Gasteiger partial charge in [-0.25, -0.2) is 0 Å². The minimum absolute atomic E-state index is 0.0298. The Morgan fingerprint density at radius 3 is 2.74 bits per heavy atom. The molecule has 1 heterocycles. The highest BCUT2D eigenvalue weighted by atomic mass is 32.1. The van der Waals surface area contributed by atoms with Gasteiger partial charge >= 0.3 is 0 Å². The summed E-state index contributed by atoms with van der Waals surface area (Å²) in [7, 11) is 3.54. The van der Waals surface area contributed by atoms with E-state index in [1.54, 1.807) is 18.4 Å². The second-order valence-electron chi connectivity index (χ2n) is 6.10. The molecule has 122 valence electrons. The van der Waals surface area contributed by atoms with Gasteiger partial charge in [0.15, 0.2) is 0 Å². The molecule has 1 amide bonds. The summed E-state index contributed by atoms with van der Waals surface area (Å²) in [6, 6.07) is 9.96. The number of carbonyl (C=O) groups is 1. The van der Waals surface area contributed by atoms with Gasteiger partial charge in [0.25, 0.3) is 5.91 Å². The standard InChI is InChI=1S/C19H23NO2S/c1-13(15-9-5-6-10-16(15)22-3)20(2)19(21)18-12-14-8-4-7-11-17(14)23-18/h5-6,9-10,12-13H,4,7-8,11H2,1-3H3/t13-/m0/s1. The first kappa shape index (κ1) is 16.1. The normalized spacial score (nSPS) is 14.9. The Bertz CT molecular complexity index is 684. The molecule has 0 saturated heterocycles. The summed E-state index contributed by atoms with van der Waals surface area (Å²) >= 11 is 1.67. The number of ether oxygens (including phenoxy) is 1. The lowest BCUT2D eigenvalue weighted by Crippen LogP contribution is -2.29. The summed E-state index contributed by atoms with van der Waals surface area (Å²) in [5.74, 6) is 0.924. The van der Waals surface area contributed by atoms with Crippen LogP contribution in [0, 0.1) is 0 Å². The van der Waals surface area contributed by atoms with Crippen molar-refractivity contribution in [2.75, 3.05) is 14.2 Å². The number of methoxy groups -OCH3 is 1. The van der Waals surface area contributed by atoms with Gasteiger partial charge in [-0.15, -0.1) is 11.3 Å². The molecule has 1 aromatic heterocycles. The Kier molecular flexibility index (Phi) is 4.71. The molecule has 2 aromatic rings. The third kappa shape index (κ3) is 3.13. The predicted molar refractivity (Wildman–Crippen MR) is 94.5 cm³/mol.